The van der Waals surface area contributed by atoms with Crippen molar-refractivity contribution in [3.05, 3.63) is 101 Å². The maximum Gasteiger partial charge on any atom is 0.262 e. The Hall–Kier alpha value is -4.04. The van der Waals surface area contributed by atoms with Gasteiger partial charge in [0.2, 0.25) is 0 Å². The summed E-state index contributed by atoms with van der Waals surface area (Å²) in [6, 6.07) is 24.8. The number of nitrogens with one attached hydrogen (secondary N) is 1. The van der Waals surface area contributed by atoms with E-state index in [0.717, 1.165) is 28.2 Å². The van der Waals surface area contributed by atoms with E-state index in [1.807, 2.05) is 73.7 Å². The number of carbonyl (C=O) groups excluding carboxylic acids is 1. The second-order valence-corrected chi connectivity index (χ2v) is 7.04. The molecule has 1 amide bonds. The molecule has 31 heavy (non-hydrogen) atoms. The average molecular weight is 412 g/mol. The van der Waals surface area contributed by atoms with E-state index in [2.05, 4.69) is 17.4 Å². The van der Waals surface area contributed by atoms with Crippen LogP contribution in [-0.4, -0.2) is 13.0 Å². The Morgan fingerprint density at radius 1 is 0.935 bits per heavy atom. The highest BCUT2D eigenvalue weighted by atomic mass is 16.5. The first-order valence-corrected chi connectivity index (χ1v) is 9.89. The smallest absolute Gasteiger partial charge is 0.262 e. The van der Waals surface area contributed by atoms with Gasteiger partial charge in [0.15, 0.2) is 0 Å². The van der Waals surface area contributed by atoms with Crippen LogP contribution in [0.1, 0.15) is 22.3 Å². The fraction of sp³-hybridized carbons (Fsp3) is 0.154. The Bertz CT molecular complexity index is 1080. The molecule has 0 saturated carbocycles. The Morgan fingerprint density at radius 2 is 1.55 bits per heavy atom. The molecule has 0 atom stereocenters. The van der Waals surface area contributed by atoms with Gasteiger partial charge in [-0.1, -0.05) is 54.1 Å². The molecule has 3 aromatic carbocycles. The first-order valence-electron chi connectivity index (χ1n) is 9.89. The van der Waals surface area contributed by atoms with Crippen molar-refractivity contribution in [3.8, 4) is 17.6 Å². The zero-order chi connectivity index (χ0) is 22.1. The minimum Gasteiger partial charge on any atom is -0.497 e. The van der Waals surface area contributed by atoms with Gasteiger partial charge in [-0.15, -0.1) is 0 Å². The second-order valence-electron chi connectivity index (χ2n) is 7.04. The number of hydrogen-bond donors (Lipinski definition) is 1. The van der Waals surface area contributed by atoms with E-state index < -0.39 is 5.91 Å². The molecule has 0 aliphatic rings. The lowest BCUT2D eigenvalue weighted by atomic mass is 10.1. The molecule has 3 rings (SSSR count). The molecule has 0 aliphatic carbocycles. The molecule has 0 saturated heterocycles. The highest BCUT2D eigenvalue weighted by Gasteiger charge is 2.09. The number of nitrogens with zero attached hydrogens (tertiary/aromatic N) is 1. The van der Waals surface area contributed by atoms with Crippen molar-refractivity contribution in [1.82, 2.24) is 5.32 Å². The summed E-state index contributed by atoms with van der Waals surface area (Å²) in [5, 5.41) is 12.2. The molecule has 5 nitrogen and oxygen atoms in total. The normalized spacial score (nSPS) is 10.8. The highest BCUT2D eigenvalue weighted by molar-refractivity contribution is 6.01. The van der Waals surface area contributed by atoms with Crippen molar-refractivity contribution < 1.29 is 14.3 Å². The van der Waals surface area contributed by atoms with Gasteiger partial charge in [0.1, 0.15) is 29.7 Å². The van der Waals surface area contributed by atoms with Crippen LogP contribution in [0.15, 0.2) is 78.4 Å². The molecule has 0 heterocycles. The minimum atomic E-state index is -0.419. The van der Waals surface area contributed by atoms with E-state index in [-0.39, 0.29) is 5.57 Å². The Kier molecular flexibility index (Phi) is 7.45. The molecule has 0 bridgehead atoms. The number of aryl methyl sites for hydroxylation is 1. The van der Waals surface area contributed by atoms with Gasteiger partial charge in [-0.3, -0.25) is 4.79 Å². The third-order valence-corrected chi connectivity index (χ3v) is 4.69. The molecule has 0 radical (unpaired) electrons. The summed E-state index contributed by atoms with van der Waals surface area (Å²) in [6.45, 7) is 2.85. The van der Waals surface area contributed by atoms with Gasteiger partial charge in [-0.2, -0.15) is 5.26 Å². The SMILES string of the molecule is COc1ccc(CNC(=O)/C(C#N)=C\c2ccc(OCc3ccc(C)cc3)cc2)cc1. The number of rotatable bonds is 8. The van der Waals surface area contributed by atoms with Crippen LogP contribution in [0.3, 0.4) is 0 Å². The summed E-state index contributed by atoms with van der Waals surface area (Å²) in [7, 11) is 1.60. The predicted molar refractivity (Wildman–Crippen MR) is 120 cm³/mol. The molecule has 0 spiro atoms. The summed E-state index contributed by atoms with van der Waals surface area (Å²) >= 11 is 0. The summed E-state index contributed by atoms with van der Waals surface area (Å²) in [4.78, 5) is 12.4. The number of methoxy groups -OCH3 is 1. The summed E-state index contributed by atoms with van der Waals surface area (Å²) in [6.07, 6.45) is 1.56. The third-order valence-electron chi connectivity index (χ3n) is 4.69. The van der Waals surface area contributed by atoms with Gasteiger partial charge in [0.25, 0.3) is 5.91 Å². The van der Waals surface area contributed by atoms with E-state index in [4.69, 9.17) is 9.47 Å². The molecule has 0 fully saturated rings. The van der Waals surface area contributed by atoms with Crippen LogP contribution in [0.25, 0.3) is 6.08 Å². The van der Waals surface area contributed by atoms with Crippen LogP contribution in [0, 0.1) is 18.3 Å². The van der Waals surface area contributed by atoms with Gasteiger partial charge >= 0.3 is 0 Å². The van der Waals surface area contributed by atoms with Gasteiger partial charge in [-0.25, -0.2) is 0 Å². The monoisotopic (exact) mass is 412 g/mol. The molecule has 156 valence electrons. The van der Waals surface area contributed by atoms with E-state index in [0.29, 0.717) is 13.2 Å². The molecule has 0 aliphatic heterocycles. The van der Waals surface area contributed by atoms with Crippen LogP contribution in [0.2, 0.25) is 0 Å². The number of ether oxygens (including phenoxy) is 2. The van der Waals surface area contributed by atoms with Crippen LogP contribution < -0.4 is 14.8 Å². The van der Waals surface area contributed by atoms with Crippen molar-refractivity contribution in [2.75, 3.05) is 7.11 Å². The quantitative estimate of drug-likeness (QED) is 0.426. The molecule has 3 aromatic rings. The van der Waals surface area contributed by atoms with E-state index in [1.165, 1.54) is 5.56 Å². The number of benzene rings is 3. The zero-order valence-electron chi connectivity index (χ0n) is 17.6. The minimum absolute atomic E-state index is 0.0434. The first kappa shape index (κ1) is 21.7. The number of carbonyl (C=O) groups is 1. The van der Waals surface area contributed by atoms with E-state index in [1.54, 1.807) is 13.2 Å². The van der Waals surface area contributed by atoms with E-state index >= 15 is 0 Å². The molecule has 1 N–H and O–H groups in total. The van der Waals surface area contributed by atoms with Crippen LogP contribution in [-0.2, 0) is 17.9 Å². The fourth-order valence-corrected chi connectivity index (χ4v) is 2.85. The number of amides is 1. The van der Waals surface area contributed by atoms with Gasteiger partial charge in [0.05, 0.1) is 7.11 Å². The highest BCUT2D eigenvalue weighted by Crippen LogP contribution is 2.17. The molecular weight excluding hydrogens is 388 g/mol. The second kappa shape index (κ2) is 10.7. The topological polar surface area (TPSA) is 71.3 Å². The lowest BCUT2D eigenvalue weighted by Gasteiger charge is -2.07. The average Bonchev–Trinajstić information content (AvgIpc) is 2.81. The Balaban J connectivity index is 1.57. The third kappa shape index (κ3) is 6.48. The predicted octanol–water partition coefficient (Wildman–Crippen LogP) is 4.81. The molecule has 0 unspecified atom stereocenters. The standard InChI is InChI=1S/C26H24N2O3/c1-19-3-5-22(6-4-19)18-31-25-13-7-20(8-14-25)15-23(16-27)26(29)28-17-21-9-11-24(30-2)12-10-21/h3-15H,17-18H2,1-2H3,(H,28,29)/b23-15-. The van der Waals surface area contributed by atoms with Crippen molar-refractivity contribution in [2.24, 2.45) is 0 Å². The van der Waals surface area contributed by atoms with Crippen LogP contribution in [0.5, 0.6) is 11.5 Å². The maximum absolute atomic E-state index is 12.4. The summed E-state index contributed by atoms with van der Waals surface area (Å²) in [5.74, 6) is 1.05. The zero-order valence-corrected chi connectivity index (χ0v) is 17.6. The van der Waals surface area contributed by atoms with Crippen molar-refractivity contribution in [1.29, 1.82) is 5.26 Å². The lowest BCUT2D eigenvalue weighted by Crippen LogP contribution is -2.23. The summed E-state index contributed by atoms with van der Waals surface area (Å²) < 4.78 is 10.9. The van der Waals surface area contributed by atoms with Gasteiger partial charge in [0, 0.05) is 6.54 Å². The number of nitriles is 1. The van der Waals surface area contributed by atoms with Crippen LogP contribution in [0.4, 0.5) is 0 Å². The number of hydrogen-bond acceptors (Lipinski definition) is 4. The van der Waals surface area contributed by atoms with Gasteiger partial charge in [-0.05, 0) is 54.0 Å². The van der Waals surface area contributed by atoms with Crippen molar-refractivity contribution >= 4 is 12.0 Å². The van der Waals surface area contributed by atoms with Gasteiger partial charge < -0.3 is 14.8 Å². The Morgan fingerprint density at radius 3 is 2.16 bits per heavy atom. The molecule has 0 aromatic heterocycles. The lowest BCUT2D eigenvalue weighted by molar-refractivity contribution is -0.117. The van der Waals surface area contributed by atoms with Crippen LogP contribution >= 0.6 is 0 Å². The first-order chi connectivity index (χ1) is 15.1. The van der Waals surface area contributed by atoms with E-state index in [9.17, 15) is 10.1 Å². The molecule has 5 heteroatoms. The van der Waals surface area contributed by atoms with Crippen molar-refractivity contribution in [3.63, 3.8) is 0 Å². The fourth-order valence-electron chi connectivity index (χ4n) is 2.85. The van der Waals surface area contributed by atoms with Crippen molar-refractivity contribution in [2.45, 2.75) is 20.1 Å². The largest absolute Gasteiger partial charge is 0.497 e. The summed E-state index contributed by atoms with van der Waals surface area (Å²) in [5.41, 5.74) is 4.01. The maximum atomic E-state index is 12.4. The molecular formula is C26H24N2O3. The Labute approximate surface area is 182 Å².